The van der Waals surface area contributed by atoms with Crippen LogP contribution in [-0.4, -0.2) is 40.2 Å². The second-order valence-corrected chi connectivity index (χ2v) is 4.99. The van der Waals surface area contributed by atoms with Crippen molar-refractivity contribution >= 4 is 11.9 Å². The monoisotopic (exact) mass is 295 g/mol. The first-order valence-electron chi connectivity index (χ1n) is 6.76. The molecule has 0 aromatic heterocycles. The molecule has 0 bridgehead atoms. The van der Waals surface area contributed by atoms with Crippen molar-refractivity contribution in [2.24, 2.45) is 0 Å². The highest BCUT2D eigenvalue weighted by atomic mass is 19.3. The predicted molar refractivity (Wildman–Crippen MR) is 69.6 cm³/mol. The van der Waals surface area contributed by atoms with Crippen molar-refractivity contribution in [3.05, 3.63) is 0 Å². The minimum Gasteiger partial charge on any atom is -0.480 e. The van der Waals surface area contributed by atoms with Crippen molar-refractivity contribution in [1.29, 1.82) is 0 Å². The van der Waals surface area contributed by atoms with Crippen molar-refractivity contribution in [2.75, 3.05) is 0 Å². The summed E-state index contributed by atoms with van der Waals surface area (Å²) in [7, 11) is 0. The van der Waals surface area contributed by atoms with Gasteiger partial charge in [-0.15, -0.1) is 0 Å². The van der Waals surface area contributed by atoms with Crippen LogP contribution in [0.5, 0.6) is 0 Å². The molecule has 0 fully saturated rings. The summed E-state index contributed by atoms with van der Waals surface area (Å²) in [4.78, 5) is 22.5. The molecule has 0 saturated carbocycles. The van der Waals surface area contributed by atoms with Gasteiger partial charge in [0, 0.05) is 6.42 Å². The summed E-state index contributed by atoms with van der Waals surface area (Å²) in [5.41, 5.74) is -1.21. The average molecular weight is 295 g/mol. The van der Waals surface area contributed by atoms with Gasteiger partial charge in [-0.1, -0.05) is 26.7 Å². The third kappa shape index (κ3) is 7.37. The highest BCUT2D eigenvalue weighted by Gasteiger charge is 2.31. The maximum Gasteiger partial charge on any atom is 0.326 e. The minimum atomic E-state index is -2.82. The Morgan fingerprint density at radius 2 is 1.70 bits per heavy atom. The Hall–Kier alpha value is -1.24. The van der Waals surface area contributed by atoms with E-state index in [4.69, 9.17) is 5.11 Å². The lowest BCUT2D eigenvalue weighted by Gasteiger charge is -2.27. The fourth-order valence-corrected chi connectivity index (χ4v) is 2.18. The molecule has 1 atom stereocenters. The second-order valence-electron chi connectivity index (χ2n) is 4.99. The smallest absolute Gasteiger partial charge is 0.326 e. The SMILES string of the molecule is CCCC(O)(CCC)CC(=O)NC(CC(F)F)C(=O)O. The molecule has 0 aromatic carbocycles. The number of carboxylic acids is 1. The Morgan fingerprint density at radius 1 is 1.20 bits per heavy atom. The Balaban J connectivity index is 4.59. The Morgan fingerprint density at radius 3 is 2.05 bits per heavy atom. The van der Waals surface area contributed by atoms with Crippen LogP contribution in [-0.2, 0) is 9.59 Å². The van der Waals surface area contributed by atoms with Gasteiger partial charge >= 0.3 is 5.97 Å². The van der Waals surface area contributed by atoms with Gasteiger partial charge in [0.25, 0.3) is 0 Å². The van der Waals surface area contributed by atoms with Crippen LogP contribution in [0.2, 0.25) is 0 Å². The summed E-state index contributed by atoms with van der Waals surface area (Å²) in [6, 6.07) is -1.63. The molecule has 0 saturated heterocycles. The molecular formula is C13H23F2NO4. The van der Waals surface area contributed by atoms with Gasteiger partial charge in [-0.25, -0.2) is 13.6 Å². The highest BCUT2D eigenvalue weighted by Crippen LogP contribution is 2.23. The van der Waals surface area contributed by atoms with Gasteiger partial charge in [-0.2, -0.15) is 0 Å². The molecule has 3 N–H and O–H groups in total. The summed E-state index contributed by atoms with van der Waals surface area (Å²) in [6.45, 7) is 3.71. The first-order valence-corrected chi connectivity index (χ1v) is 6.76. The molecule has 0 rings (SSSR count). The number of carbonyl (C=O) groups excluding carboxylic acids is 1. The van der Waals surface area contributed by atoms with Gasteiger partial charge in [0.15, 0.2) is 0 Å². The van der Waals surface area contributed by atoms with Gasteiger partial charge in [0.1, 0.15) is 6.04 Å². The first kappa shape index (κ1) is 18.8. The lowest BCUT2D eigenvalue weighted by molar-refractivity contribution is -0.144. The molecule has 7 heteroatoms. The maximum atomic E-state index is 12.2. The van der Waals surface area contributed by atoms with E-state index in [-0.39, 0.29) is 6.42 Å². The van der Waals surface area contributed by atoms with Crippen molar-refractivity contribution in [2.45, 2.75) is 70.4 Å². The van der Waals surface area contributed by atoms with E-state index in [1.54, 1.807) is 0 Å². The van der Waals surface area contributed by atoms with E-state index in [2.05, 4.69) is 0 Å². The fourth-order valence-electron chi connectivity index (χ4n) is 2.18. The van der Waals surface area contributed by atoms with Gasteiger partial charge in [-0.05, 0) is 12.8 Å². The molecule has 0 spiro atoms. The van der Waals surface area contributed by atoms with Crippen molar-refractivity contribution < 1.29 is 28.6 Å². The van der Waals surface area contributed by atoms with Crippen LogP contribution in [0, 0.1) is 0 Å². The van der Waals surface area contributed by atoms with Crippen LogP contribution in [0.1, 0.15) is 52.4 Å². The first-order chi connectivity index (χ1) is 9.24. The number of hydrogen-bond donors (Lipinski definition) is 3. The summed E-state index contributed by atoms with van der Waals surface area (Å²) < 4.78 is 24.4. The van der Waals surface area contributed by atoms with Crippen molar-refractivity contribution in [3.63, 3.8) is 0 Å². The van der Waals surface area contributed by atoms with E-state index in [1.165, 1.54) is 0 Å². The highest BCUT2D eigenvalue weighted by molar-refractivity contribution is 5.84. The number of carboxylic acid groups (broad SMARTS) is 1. The summed E-state index contributed by atoms with van der Waals surface area (Å²) in [6.07, 6.45) is -1.89. The van der Waals surface area contributed by atoms with E-state index in [1.807, 2.05) is 19.2 Å². The molecule has 0 aliphatic heterocycles. The standard InChI is InChI=1S/C13H23F2NO4/c1-3-5-13(20,6-4-2)8-11(17)16-9(12(18)19)7-10(14)15/h9-10,20H,3-8H2,1-2H3,(H,16,17)(H,18,19). The molecule has 0 aliphatic carbocycles. The Labute approximate surface area is 117 Å². The zero-order valence-corrected chi connectivity index (χ0v) is 11.9. The second kappa shape index (κ2) is 8.84. The molecule has 5 nitrogen and oxygen atoms in total. The normalized spacial score (nSPS) is 13.3. The third-order valence-electron chi connectivity index (χ3n) is 2.97. The lowest BCUT2D eigenvalue weighted by atomic mass is 9.89. The van der Waals surface area contributed by atoms with Crippen LogP contribution in [0.25, 0.3) is 0 Å². The van der Waals surface area contributed by atoms with Gasteiger partial charge in [0.05, 0.1) is 12.0 Å². The summed E-state index contributed by atoms with van der Waals surface area (Å²) in [5, 5.41) is 21.1. The molecular weight excluding hydrogens is 272 g/mol. The Bertz CT molecular complexity index is 317. The van der Waals surface area contributed by atoms with Crippen LogP contribution in [0.3, 0.4) is 0 Å². The molecule has 20 heavy (non-hydrogen) atoms. The van der Waals surface area contributed by atoms with Crippen LogP contribution in [0.4, 0.5) is 8.78 Å². The number of aliphatic carboxylic acids is 1. The van der Waals surface area contributed by atoms with E-state index in [9.17, 15) is 23.5 Å². The number of halogens is 2. The van der Waals surface area contributed by atoms with Crippen molar-refractivity contribution in [1.82, 2.24) is 5.32 Å². The number of amides is 1. The number of aliphatic hydroxyl groups is 1. The molecule has 0 aliphatic rings. The van der Waals surface area contributed by atoms with Crippen LogP contribution >= 0.6 is 0 Å². The molecule has 1 amide bonds. The summed E-state index contributed by atoms with van der Waals surface area (Å²) >= 11 is 0. The molecule has 1 unspecified atom stereocenters. The predicted octanol–water partition coefficient (Wildman–Crippen LogP) is 1.93. The number of alkyl halides is 2. The summed E-state index contributed by atoms with van der Waals surface area (Å²) in [5.74, 6) is -2.23. The third-order valence-corrected chi connectivity index (χ3v) is 2.97. The van der Waals surface area contributed by atoms with Gasteiger partial charge in [0.2, 0.25) is 12.3 Å². The molecule has 118 valence electrons. The topological polar surface area (TPSA) is 86.6 Å². The zero-order valence-electron chi connectivity index (χ0n) is 11.9. The van der Waals surface area contributed by atoms with E-state index in [0.717, 1.165) is 0 Å². The van der Waals surface area contributed by atoms with Gasteiger partial charge in [-0.3, -0.25) is 4.79 Å². The molecule has 0 radical (unpaired) electrons. The van der Waals surface area contributed by atoms with E-state index >= 15 is 0 Å². The number of hydrogen-bond acceptors (Lipinski definition) is 3. The number of rotatable bonds is 10. The van der Waals surface area contributed by atoms with Crippen molar-refractivity contribution in [3.8, 4) is 0 Å². The average Bonchev–Trinajstić information content (AvgIpc) is 2.27. The number of carbonyl (C=O) groups is 2. The quantitative estimate of drug-likeness (QED) is 0.575. The lowest BCUT2D eigenvalue weighted by Crippen LogP contribution is -2.45. The maximum absolute atomic E-state index is 12.2. The number of nitrogens with one attached hydrogen (secondary N) is 1. The largest absolute Gasteiger partial charge is 0.480 e. The minimum absolute atomic E-state index is 0.276. The fraction of sp³-hybridized carbons (Fsp3) is 0.846. The zero-order chi connectivity index (χ0) is 15.8. The molecule has 0 aromatic rings. The Kier molecular flexibility index (Phi) is 8.29. The van der Waals surface area contributed by atoms with Crippen LogP contribution in [0.15, 0.2) is 0 Å². The molecule has 0 heterocycles. The van der Waals surface area contributed by atoms with E-state index < -0.39 is 36.4 Å². The van der Waals surface area contributed by atoms with E-state index in [0.29, 0.717) is 25.7 Å². The van der Waals surface area contributed by atoms with Crippen LogP contribution < -0.4 is 5.32 Å². The van der Waals surface area contributed by atoms with Gasteiger partial charge < -0.3 is 15.5 Å².